The van der Waals surface area contributed by atoms with Gasteiger partial charge in [0, 0.05) is 32.9 Å². The molecule has 186 valence electrons. The average Bonchev–Trinajstić information content (AvgIpc) is 2.54. The van der Waals surface area contributed by atoms with Gasteiger partial charge in [0.15, 0.2) is 6.16 Å². The van der Waals surface area contributed by atoms with Crippen LogP contribution in [0.5, 0.6) is 0 Å². The quantitative estimate of drug-likeness (QED) is 0.198. The van der Waals surface area contributed by atoms with Crippen molar-refractivity contribution in [3.05, 3.63) is 0 Å². The highest BCUT2D eigenvalue weighted by Crippen LogP contribution is 2.48. The van der Waals surface area contributed by atoms with Crippen molar-refractivity contribution in [1.29, 1.82) is 0 Å². The van der Waals surface area contributed by atoms with Crippen LogP contribution in [0.2, 0.25) is 64.0 Å². The van der Waals surface area contributed by atoms with Crippen LogP contribution in [0.25, 0.3) is 0 Å². The van der Waals surface area contributed by atoms with Gasteiger partial charge >= 0.3 is 16.8 Å². The molecule has 0 bridgehead atoms. The summed E-state index contributed by atoms with van der Waals surface area (Å²) in [4.78, 5) is 7.57. The Labute approximate surface area is 197 Å². The maximum absolute atomic E-state index is 13.4. The maximum Gasteiger partial charge on any atom is 0.514 e. The van der Waals surface area contributed by atoms with Crippen molar-refractivity contribution in [2.45, 2.75) is 84.7 Å². The first-order chi connectivity index (χ1) is 13.9. The van der Waals surface area contributed by atoms with Gasteiger partial charge in [0.05, 0.1) is 0 Å². The number of hydrogen-bond acceptors (Lipinski definition) is 7. The van der Waals surface area contributed by atoms with Crippen LogP contribution in [-0.4, -0.2) is 72.7 Å². The Morgan fingerprint density at radius 3 is 1.32 bits per heavy atom. The minimum Gasteiger partial charge on any atom is -0.373 e. The fourth-order valence-corrected chi connectivity index (χ4v) is 12.7. The molecule has 0 aliphatic carbocycles. The van der Waals surface area contributed by atoms with E-state index >= 15 is 0 Å². The summed E-state index contributed by atoms with van der Waals surface area (Å²) in [5, 5.41) is -0.595. The van der Waals surface area contributed by atoms with Crippen LogP contribution in [-0.2, 0) is 22.1 Å². The first kappa shape index (κ1) is 31.7. The summed E-state index contributed by atoms with van der Waals surface area (Å²) in [7, 11) is -10.4. The van der Waals surface area contributed by atoms with Crippen LogP contribution in [0.1, 0.15) is 20.8 Å². The molecule has 0 amide bonds. The minimum atomic E-state index is -3.24. The lowest BCUT2D eigenvalue weighted by Crippen LogP contribution is -2.66. The molecule has 0 aromatic carbocycles. The molecule has 1 atom stereocenters. The molecule has 0 saturated heterocycles. The molecular formula is C19H50N2O5PSi4+. The molecule has 7 nitrogen and oxygen atoms in total. The first-order valence-electron chi connectivity index (χ1n) is 11.5. The largest absolute Gasteiger partial charge is 0.514 e. The van der Waals surface area contributed by atoms with E-state index in [2.05, 4.69) is 68.9 Å². The van der Waals surface area contributed by atoms with Crippen LogP contribution >= 0.6 is 8.03 Å². The standard InChI is InChI=1S/C19H50N2O5PSi4/c1-13-23-31(24-14-2,25-15-3)19(16-20-28(4,5)6,17-21-29(7,8)9)18-27(22)26-30(10,11)12/h20-21H,13-18H2,1-12H3/q+1. The summed E-state index contributed by atoms with van der Waals surface area (Å²) >= 11 is 0. The maximum atomic E-state index is 13.4. The van der Waals surface area contributed by atoms with Crippen LogP contribution < -0.4 is 9.96 Å². The summed E-state index contributed by atoms with van der Waals surface area (Å²) in [6, 6.07) is 0. The van der Waals surface area contributed by atoms with Crippen molar-refractivity contribution in [2.24, 2.45) is 0 Å². The van der Waals surface area contributed by atoms with Crippen molar-refractivity contribution in [3.8, 4) is 0 Å². The molecule has 0 spiro atoms. The van der Waals surface area contributed by atoms with Gasteiger partial charge in [-0.05, 0) is 45.0 Å². The second-order valence-electron chi connectivity index (χ2n) is 11.0. The molecule has 0 aromatic rings. The van der Waals surface area contributed by atoms with Crippen LogP contribution in [0.3, 0.4) is 0 Å². The van der Waals surface area contributed by atoms with Crippen molar-refractivity contribution in [3.63, 3.8) is 0 Å². The molecule has 0 radical (unpaired) electrons. The molecular weight excluding hydrogens is 480 g/mol. The second kappa shape index (κ2) is 13.0. The molecule has 0 rings (SSSR count). The first-order valence-corrected chi connectivity index (χ1v) is 25.0. The Balaban J connectivity index is 6.57. The van der Waals surface area contributed by atoms with Gasteiger partial charge in [-0.1, -0.05) is 39.3 Å². The topological polar surface area (TPSA) is 78.0 Å². The Morgan fingerprint density at radius 1 is 0.710 bits per heavy atom. The smallest absolute Gasteiger partial charge is 0.373 e. The zero-order valence-electron chi connectivity index (χ0n) is 22.2. The molecule has 1 unspecified atom stereocenters. The molecule has 31 heavy (non-hydrogen) atoms. The van der Waals surface area contributed by atoms with E-state index in [0.717, 1.165) is 0 Å². The highest BCUT2D eigenvalue weighted by Gasteiger charge is 2.65. The van der Waals surface area contributed by atoms with Crippen molar-refractivity contribution in [1.82, 2.24) is 9.96 Å². The van der Waals surface area contributed by atoms with Gasteiger partial charge < -0.3 is 23.2 Å². The number of hydrogen-bond donors (Lipinski definition) is 2. The zero-order chi connectivity index (χ0) is 24.6. The Morgan fingerprint density at radius 2 is 1.06 bits per heavy atom. The van der Waals surface area contributed by atoms with E-state index in [-0.39, 0.29) is 0 Å². The van der Waals surface area contributed by atoms with Crippen molar-refractivity contribution >= 4 is 41.6 Å². The van der Waals surface area contributed by atoms with Crippen molar-refractivity contribution in [2.75, 3.05) is 39.1 Å². The highest BCUT2D eigenvalue weighted by molar-refractivity contribution is 7.41. The molecule has 2 N–H and O–H groups in total. The average molecular weight is 530 g/mol. The van der Waals surface area contributed by atoms with Crippen LogP contribution in [0, 0.1) is 0 Å². The third-order valence-electron chi connectivity index (χ3n) is 4.37. The van der Waals surface area contributed by atoms with Crippen LogP contribution in [0.4, 0.5) is 0 Å². The fourth-order valence-electron chi connectivity index (χ4n) is 3.10. The van der Waals surface area contributed by atoms with E-state index < -0.39 is 46.7 Å². The highest BCUT2D eigenvalue weighted by atomic mass is 31.1. The van der Waals surface area contributed by atoms with E-state index in [0.29, 0.717) is 39.1 Å². The monoisotopic (exact) mass is 529 g/mol. The van der Waals surface area contributed by atoms with E-state index in [4.69, 9.17) is 17.5 Å². The predicted molar refractivity (Wildman–Crippen MR) is 143 cm³/mol. The molecule has 0 aromatic heterocycles. The molecule has 0 fully saturated rings. The summed E-state index contributed by atoms with van der Waals surface area (Å²) in [5.41, 5.74) is 0. The molecule has 0 heterocycles. The van der Waals surface area contributed by atoms with E-state index in [9.17, 15) is 4.57 Å². The SMILES string of the molecule is CCO[Si](OCC)(OCC)C(CN[Si](C)(C)C)(CN[Si](C)(C)C)C[P+](=O)O[Si](C)(C)C. The summed E-state index contributed by atoms with van der Waals surface area (Å²) in [6.07, 6.45) is 0.355. The van der Waals surface area contributed by atoms with Gasteiger partial charge in [-0.15, -0.1) is 0 Å². The van der Waals surface area contributed by atoms with E-state index in [1.54, 1.807) is 0 Å². The van der Waals surface area contributed by atoms with E-state index in [1.807, 2.05) is 20.8 Å². The molecule has 0 aliphatic rings. The Hall–Kier alpha value is 0.728. The molecule has 12 heteroatoms. The van der Waals surface area contributed by atoms with Gasteiger partial charge in [-0.2, -0.15) is 0 Å². The third kappa shape index (κ3) is 12.1. The third-order valence-corrected chi connectivity index (χ3v) is 14.9. The van der Waals surface area contributed by atoms with Gasteiger partial charge in [-0.3, -0.25) is 0 Å². The van der Waals surface area contributed by atoms with Gasteiger partial charge in [-0.25, -0.2) is 4.21 Å². The summed E-state index contributed by atoms with van der Waals surface area (Å²) in [6.45, 7) is 28.5. The molecule has 0 saturated carbocycles. The zero-order valence-corrected chi connectivity index (χ0v) is 27.1. The van der Waals surface area contributed by atoms with Gasteiger partial charge in [0.25, 0.3) is 8.32 Å². The minimum absolute atomic E-state index is 0.355. The fraction of sp³-hybridized carbons (Fsp3) is 1.00. The van der Waals surface area contributed by atoms with E-state index in [1.165, 1.54) is 0 Å². The second-order valence-corrected chi connectivity index (χ2v) is 29.7. The normalized spacial score (nSPS) is 14.8. The van der Waals surface area contributed by atoms with Crippen LogP contribution in [0.15, 0.2) is 0 Å². The Bertz CT molecular complexity index is 516. The lowest BCUT2D eigenvalue weighted by atomic mass is 10.2. The summed E-state index contributed by atoms with van der Waals surface area (Å²) < 4.78 is 38.7. The molecule has 0 aliphatic heterocycles. The number of rotatable bonds is 17. The Kier molecular flexibility index (Phi) is 13.3. The lowest BCUT2D eigenvalue weighted by molar-refractivity contribution is 0.0467. The van der Waals surface area contributed by atoms with Gasteiger partial charge in [0.1, 0.15) is 21.5 Å². The predicted octanol–water partition coefficient (Wildman–Crippen LogP) is 5.22. The summed E-state index contributed by atoms with van der Waals surface area (Å²) in [5.74, 6) is 0. The lowest BCUT2D eigenvalue weighted by Gasteiger charge is -2.45. The van der Waals surface area contributed by atoms with Gasteiger partial charge in [0.2, 0.25) is 0 Å². The number of nitrogens with one attached hydrogen (secondary N) is 2. The van der Waals surface area contributed by atoms with Crippen molar-refractivity contribution < 1.29 is 22.1 Å².